The van der Waals surface area contributed by atoms with Gasteiger partial charge >= 0.3 is 0 Å². The first-order chi connectivity index (χ1) is 9.58. The van der Waals surface area contributed by atoms with E-state index in [1.54, 1.807) is 25.1 Å². The van der Waals surface area contributed by atoms with Crippen molar-refractivity contribution in [2.75, 3.05) is 0 Å². The van der Waals surface area contributed by atoms with Gasteiger partial charge in [0.15, 0.2) is 0 Å². The summed E-state index contributed by atoms with van der Waals surface area (Å²) < 4.78 is 0. The van der Waals surface area contributed by atoms with Crippen LogP contribution in [-0.2, 0) is 6.42 Å². The highest BCUT2D eigenvalue weighted by Gasteiger charge is 2.13. The summed E-state index contributed by atoms with van der Waals surface area (Å²) >= 11 is 0. The molecule has 2 aromatic carbocycles. The number of benzene rings is 2. The summed E-state index contributed by atoms with van der Waals surface area (Å²) in [6, 6.07) is 15.1. The van der Waals surface area contributed by atoms with Crippen molar-refractivity contribution in [3.63, 3.8) is 0 Å². The molecule has 1 atom stereocenters. The Kier molecular flexibility index (Phi) is 4.41. The zero-order valence-corrected chi connectivity index (χ0v) is 11.8. The van der Waals surface area contributed by atoms with Crippen molar-refractivity contribution in [1.29, 1.82) is 0 Å². The number of amides is 1. The number of phenolic OH excluding ortho intramolecular Hbond substituents is 1. The number of rotatable bonds is 4. The first kappa shape index (κ1) is 14.1. The van der Waals surface area contributed by atoms with Crippen LogP contribution >= 0.6 is 0 Å². The van der Waals surface area contributed by atoms with E-state index < -0.39 is 0 Å². The summed E-state index contributed by atoms with van der Waals surface area (Å²) in [5.41, 5.74) is 2.31. The molecule has 2 rings (SSSR count). The van der Waals surface area contributed by atoms with Crippen molar-refractivity contribution in [3.05, 3.63) is 65.2 Å². The fraction of sp³-hybridized carbons (Fsp3) is 0.235. The molecule has 3 heteroatoms. The van der Waals surface area contributed by atoms with Crippen LogP contribution in [0.5, 0.6) is 5.75 Å². The topological polar surface area (TPSA) is 49.3 Å². The van der Waals surface area contributed by atoms with Crippen LogP contribution in [0.15, 0.2) is 48.5 Å². The van der Waals surface area contributed by atoms with Crippen molar-refractivity contribution in [2.45, 2.75) is 26.3 Å². The van der Waals surface area contributed by atoms with E-state index in [1.165, 1.54) is 5.56 Å². The lowest BCUT2D eigenvalue weighted by Crippen LogP contribution is -2.34. The third kappa shape index (κ3) is 3.38. The van der Waals surface area contributed by atoms with Crippen LogP contribution in [0.1, 0.15) is 28.4 Å². The van der Waals surface area contributed by atoms with E-state index in [0.717, 1.165) is 6.42 Å². The Hall–Kier alpha value is -2.29. The van der Waals surface area contributed by atoms with Gasteiger partial charge in [-0.05, 0) is 38.0 Å². The van der Waals surface area contributed by atoms with E-state index in [9.17, 15) is 9.90 Å². The molecule has 0 aliphatic rings. The minimum atomic E-state index is -0.151. The Morgan fingerprint density at radius 3 is 2.55 bits per heavy atom. The first-order valence-electron chi connectivity index (χ1n) is 6.71. The number of nitrogens with one attached hydrogen (secondary N) is 1. The van der Waals surface area contributed by atoms with Crippen LogP contribution in [0.4, 0.5) is 0 Å². The lowest BCUT2D eigenvalue weighted by Gasteiger charge is -2.15. The first-order valence-corrected chi connectivity index (χ1v) is 6.71. The second-order valence-corrected chi connectivity index (χ2v) is 5.01. The molecule has 0 aromatic heterocycles. The smallest absolute Gasteiger partial charge is 0.251 e. The van der Waals surface area contributed by atoms with Gasteiger partial charge in [-0.15, -0.1) is 0 Å². The molecule has 0 fully saturated rings. The molecular formula is C17H19NO2. The molecule has 20 heavy (non-hydrogen) atoms. The van der Waals surface area contributed by atoms with Crippen molar-refractivity contribution in [2.24, 2.45) is 0 Å². The zero-order valence-electron chi connectivity index (χ0n) is 11.8. The fourth-order valence-electron chi connectivity index (χ4n) is 2.19. The van der Waals surface area contributed by atoms with Gasteiger partial charge in [-0.1, -0.05) is 36.4 Å². The Labute approximate surface area is 119 Å². The highest BCUT2D eigenvalue weighted by molar-refractivity contribution is 5.96. The van der Waals surface area contributed by atoms with E-state index in [2.05, 4.69) is 5.32 Å². The number of aromatic hydroxyl groups is 1. The number of hydrogen-bond acceptors (Lipinski definition) is 2. The monoisotopic (exact) mass is 269 g/mol. The summed E-state index contributed by atoms with van der Waals surface area (Å²) in [7, 11) is 0. The maximum atomic E-state index is 12.2. The largest absolute Gasteiger partial charge is 0.508 e. The summed E-state index contributed by atoms with van der Waals surface area (Å²) in [6.45, 7) is 3.72. The highest BCUT2D eigenvalue weighted by Crippen LogP contribution is 2.19. The maximum Gasteiger partial charge on any atom is 0.251 e. The molecule has 0 aliphatic heterocycles. The molecule has 0 saturated carbocycles. The minimum absolute atomic E-state index is 0.0339. The van der Waals surface area contributed by atoms with Crippen LogP contribution in [0.3, 0.4) is 0 Å². The molecule has 0 saturated heterocycles. The van der Waals surface area contributed by atoms with Gasteiger partial charge < -0.3 is 10.4 Å². The van der Waals surface area contributed by atoms with Gasteiger partial charge in [-0.3, -0.25) is 4.79 Å². The Morgan fingerprint density at radius 1 is 1.15 bits per heavy atom. The van der Waals surface area contributed by atoms with E-state index in [4.69, 9.17) is 0 Å². The fourth-order valence-corrected chi connectivity index (χ4v) is 2.19. The van der Waals surface area contributed by atoms with Gasteiger partial charge in [0.05, 0.1) is 0 Å². The van der Waals surface area contributed by atoms with Crippen molar-refractivity contribution < 1.29 is 9.90 Å². The number of carbonyl (C=O) groups excluding carboxylic acids is 1. The van der Waals surface area contributed by atoms with Crippen LogP contribution < -0.4 is 5.32 Å². The van der Waals surface area contributed by atoms with Crippen LogP contribution in [0.25, 0.3) is 0 Å². The van der Waals surface area contributed by atoms with Gasteiger partial charge in [-0.25, -0.2) is 0 Å². The van der Waals surface area contributed by atoms with E-state index in [0.29, 0.717) is 11.1 Å². The average molecular weight is 269 g/mol. The Bertz CT molecular complexity index is 593. The quantitative estimate of drug-likeness (QED) is 0.896. The van der Waals surface area contributed by atoms with E-state index >= 15 is 0 Å². The van der Waals surface area contributed by atoms with E-state index in [1.807, 2.05) is 37.3 Å². The van der Waals surface area contributed by atoms with Crippen molar-refractivity contribution in [1.82, 2.24) is 5.32 Å². The molecule has 1 amide bonds. The van der Waals surface area contributed by atoms with Gasteiger partial charge in [0, 0.05) is 17.2 Å². The summed E-state index contributed by atoms with van der Waals surface area (Å²) in [4.78, 5) is 12.2. The molecule has 3 nitrogen and oxygen atoms in total. The van der Waals surface area contributed by atoms with Crippen molar-refractivity contribution >= 4 is 5.91 Å². The highest BCUT2D eigenvalue weighted by atomic mass is 16.3. The molecule has 0 radical (unpaired) electrons. The molecule has 0 aliphatic carbocycles. The third-order valence-corrected chi connectivity index (χ3v) is 3.31. The number of carbonyl (C=O) groups is 1. The molecule has 0 heterocycles. The van der Waals surface area contributed by atoms with Crippen molar-refractivity contribution in [3.8, 4) is 5.75 Å². The predicted octanol–water partition coefficient (Wildman–Crippen LogP) is 3.06. The second kappa shape index (κ2) is 6.24. The standard InChI is InChI=1S/C17H19NO2/c1-12(11-14-7-4-3-5-8-14)18-17(20)15-9-6-10-16(19)13(15)2/h3-10,12,19H,11H2,1-2H3,(H,18,20). The van der Waals surface area contributed by atoms with Gasteiger partial charge in [0.25, 0.3) is 5.91 Å². The Morgan fingerprint density at radius 2 is 1.85 bits per heavy atom. The minimum Gasteiger partial charge on any atom is -0.508 e. The SMILES string of the molecule is Cc1c(O)cccc1C(=O)NC(C)Cc1ccccc1. The third-order valence-electron chi connectivity index (χ3n) is 3.31. The molecule has 2 N–H and O–H groups in total. The lowest BCUT2D eigenvalue weighted by atomic mass is 10.0. The Balaban J connectivity index is 2.02. The summed E-state index contributed by atoms with van der Waals surface area (Å²) in [5.74, 6) is -0.00445. The van der Waals surface area contributed by atoms with Gasteiger partial charge in [0.1, 0.15) is 5.75 Å². The molecule has 0 spiro atoms. The van der Waals surface area contributed by atoms with Crippen LogP contribution in [-0.4, -0.2) is 17.1 Å². The predicted molar refractivity (Wildman–Crippen MR) is 79.9 cm³/mol. The van der Waals surface area contributed by atoms with Crippen LogP contribution in [0.2, 0.25) is 0 Å². The maximum absolute atomic E-state index is 12.2. The molecule has 104 valence electrons. The second-order valence-electron chi connectivity index (χ2n) is 5.01. The lowest BCUT2D eigenvalue weighted by molar-refractivity contribution is 0.0939. The zero-order chi connectivity index (χ0) is 14.5. The summed E-state index contributed by atoms with van der Waals surface area (Å²) in [5, 5.41) is 12.6. The van der Waals surface area contributed by atoms with Gasteiger partial charge in [0.2, 0.25) is 0 Å². The number of hydrogen-bond donors (Lipinski definition) is 2. The van der Waals surface area contributed by atoms with Gasteiger partial charge in [-0.2, -0.15) is 0 Å². The number of phenols is 1. The molecule has 1 unspecified atom stereocenters. The summed E-state index contributed by atoms with van der Waals surface area (Å²) in [6.07, 6.45) is 0.782. The van der Waals surface area contributed by atoms with Crippen LogP contribution in [0, 0.1) is 6.92 Å². The molecular weight excluding hydrogens is 250 g/mol. The molecule has 2 aromatic rings. The molecule has 0 bridgehead atoms. The van der Waals surface area contributed by atoms with E-state index in [-0.39, 0.29) is 17.7 Å². The average Bonchev–Trinajstić information content (AvgIpc) is 2.42. The normalized spacial score (nSPS) is 11.9.